The van der Waals surface area contributed by atoms with Gasteiger partial charge in [0.1, 0.15) is 0 Å². The van der Waals surface area contributed by atoms with Crippen LogP contribution in [0.2, 0.25) is 3.43 Å². The van der Waals surface area contributed by atoms with Gasteiger partial charge in [0.05, 0.1) is 0 Å². The second-order valence-corrected chi connectivity index (χ2v) is 15.6. The summed E-state index contributed by atoms with van der Waals surface area (Å²) < 4.78 is 3.65. The average molecular weight is 616 g/mol. The molecule has 2 N–H and O–H groups in total. The molecule has 0 fully saturated rings. The first-order valence-electron chi connectivity index (χ1n) is 14.5. The minimum atomic E-state index is -1.11. The summed E-state index contributed by atoms with van der Waals surface area (Å²) >= 11 is -1.11. The summed E-state index contributed by atoms with van der Waals surface area (Å²) in [5, 5.41) is 0. The van der Waals surface area contributed by atoms with Crippen LogP contribution in [-0.4, -0.2) is 40.7 Å². The number of imidazole rings is 1. The molecule has 2 aromatic carbocycles. The second kappa shape index (κ2) is 14.1. The number of aromatic nitrogens is 4. The summed E-state index contributed by atoms with van der Waals surface area (Å²) in [5.41, 5.74) is 10.7. The van der Waals surface area contributed by atoms with Crippen LogP contribution >= 0.6 is 0 Å². The second-order valence-electron chi connectivity index (χ2n) is 10.6. The number of unbranched alkanes of at least 4 members (excludes halogenated alkanes) is 3. The number of nitrogens with zero attached hydrogens (tertiary/aromatic N) is 4. The molecule has 0 amide bonds. The van der Waals surface area contributed by atoms with Gasteiger partial charge in [0.25, 0.3) is 0 Å². The third kappa shape index (κ3) is 7.16. The van der Waals surface area contributed by atoms with Crippen LogP contribution in [0.25, 0.3) is 11.2 Å². The zero-order valence-corrected chi connectivity index (χ0v) is 26.2. The van der Waals surface area contributed by atoms with E-state index in [0.29, 0.717) is 9.25 Å². The summed E-state index contributed by atoms with van der Waals surface area (Å²) in [6.07, 6.45) is 13.4. The van der Waals surface area contributed by atoms with E-state index in [1.54, 1.807) is 0 Å². The molecular formula is C32H43N5Sn. The van der Waals surface area contributed by atoms with Crippen molar-refractivity contribution in [2.24, 2.45) is 0 Å². The van der Waals surface area contributed by atoms with Gasteiger partial charge in [-0.3, -0.25) is 0 Å². The van der Waals surface area contributed by atoms with Crippen LogP contribution in [0.5, 0.6) is 0 Å². The summed E-state index contributed by atoms with van der Waals surface area (Å²) in [7, 11) is 0. The fourth-order valence-corrected chi connectivity index (χ4v) is 10.4. The van der Waals surface area contributed by atoms with E-state index >= 15 is 0 Å². The van der Waals surface area contributed by atoms with Crippen LogP contribution < -0.4 is 9.57 Å². The van der Waals surface area contributed by atoms with Crippen molar-refractivity contribution in [3.8, 4) is 0 Å². The predicted molar refractivity (Wildman–Crippen MR) is 161 cm³/mol. The molecule has 0 aliphatic heterocycles. The molecule has 0 saturated carbocycles. The Labute approximate surface area is 238 Å². The maximum absolute atomic E-state index is 6.54. The average Bonchev–Trinajstić information content (AvgIpc) is 3.36. The molecule has 2 aromatic heterocycles. The van der Waals surface area contributed by atoms with Crippen LogP contribution in [0, 0.1) is 0 Å². The number of nitrogens with two attached hydrogens (primary N) is 1. The summed E-state index contributed by atoms with van der Waals surface area (Å²) in [6, 6.07) is 21.5. The van der Waals surface area contributed by atoms with Crippen molar-refractivity contribution >= 4 is 42.0 Å². The zero-order valence-electron chi connectivity index (χ0n) is 23.4. The molecular weight excluding hydrogens is 573 g/mol. The molecule has 0 saturated heterocycles. The van der Waals surface area contributed by atoms with Crippen LogP contribution in [0.4, 0.5) is 5.82 Å². The fraction of sp³-hybridized carbons (Fsp3) is 0.469. The van der Waals surface area contributed by atoms with Crippen LogP contribution in [0.15, 0.2) is 67.0 Å². The Morgan fingerprint density at radius 1 is 0.789 bits per heavy atom. The Hall–Kier alpha value is -2.41. The van der Waals surface area contributed by atoms with E-state index in [2.05, 4.69) is 91.0 Å². The molecule has 2 radical (unpaired) electrons. The van der Waals surface area contributed by atoms with Gasteiger partial charge in [0.15, 0.2) is 0 Å². The Morgan fingerprint density at radius 2 is 1.32 bits per heavy atom. The molecule has 0 spiro atoms. The number of nitrogen functional groups attached to an aromatic ring is 1. The molecule has 5 nitrogen and oxygen atoms in total. The first-order valence-corrected chi connectivity index (χ1v) is 17.3. The number of benzene rings is 2. The van der Waals surface area contributed by atoms with E-state index in [0.717, 1.165) is 21.5 Å². The van der Waals surface area contributed by atoms with Gasteiger partial charge in [-0.25, -0.2) is 0 Å². The van der Waals surface area contributed by atoms with E-state index in [4.69, 9.17) is 15.7 Å². The van der Waals surface area contributed by atoms with Gasteiger partial charge in [-0.1, -0.05) is 0 Å². The molecule has 6 heteroatoms. The summed E-state index contributed by atoms with van der Waals surface area (Å²) in [4.78, 5) is 14.8. The van der Waals surface area contributed by atoms with Gasteiger partial charge in [-0.15, -0.1) is 0 Å². The monoisotopic (exact) mass is 617 g/mol. The number of hydrogen-bond donors (Lipinski definition) is 1. The molecule has 0 bridgehead atoms. The molecule has 0 atom stereocenters. The Kier molecular flexibility index (Phi) is 10.6. The molecule has 38 heavy (non-hydrogen) atoms. The van der Waals surface area contributed by atoms with E-state index in [9.17, 15) is 0 Å². The third-order valence-electron chi connectivity index (χ3n) is 7.68. The van der Waals surface area contributed by atoms with Crippen molar-refractivity contribution in [2.45, 2.75) is 94.5 Å². The van der Waals surface area contributed by atoms with Crippen molar-refractivity contribution < 1.29 is 0 Å². The number of hydrogen-bond acceptors (Lipinski definition) is 4. The summed E-state index contributed by atoms with van der Waals surface area (Å²) in [6.45, 7) is 7.69. The zero-order chi connectivity index (χ0) is 26.8. The van der Waals surface area contributed by atoms with Crippen molar-refractivity contribution in [1.82, 2.24) is 19.5 Å². The van der Waals surface area contributed by atoms with Gasteiger partial charge >= 0.3 is 240 Å². The first-order chi connectivity index (χ1) is 18.6. The van der Waals surface area contributed by atoms with Crippen molar-refractivity contribution in [3.05, 3.63) is 78.1 Å². The number of anilines is 1. The molecule has 4 rings (SSSR count). The van der Waals surface area contributed by atoms with E-state index in [1.807, 2.05) is 6.33 Å². The Morgan fingerprint density at radius 3 is 1.82 bits per heavy atom. The van der Waals surface area contributed by atoms with Gasteiger partial charge in [-0.05, 0) is 0 Å². The molecule has 0 aliphatic rings. The minimum absolute atomic E-state index is 0.201. The Balaban J connectivity index is 1.70. The van der Waals surface area contributed by atoms with Crippen molar-refractivity contribution in [1.29, 1.82) is 0 Å². The van der Waals surface area contributed by atoms with E-state index in [1.165, 1.54) is 68.9 Å². The number of rotatable bonds is 15. The standard InChI is InChI=1S/C19H16N5.C13H27.Sn/c20-18-17-19(22-12-21-18)24(13-23-17)11-16(14-7-3-1-4-8-14)15-9-5-2-6-10-15;1-4-7-10-13(11-8-5-2)12-9-6-3;/h1-10,13,16H,11H2,(H2,20,21,22);4-12H2,1-3H3;. The predicted octanol–water partition coefficient (Wildman–Crippen LogP) is 7.30. The molecule has 0 unspecified atom stereocenters. The van der Waals surface area contributed by atoms with Crippen LogP contribution in [0.1, 0.15) is 95.6 Å². The maximum atomic E-state index is 6.54. The molecule has 200 valence electrons. The SMILES string of the molecule is CCCC[C](CCCC)(CCCC)[Sn][c]1nc(N)c2ncn(CC(c3ccccc3)c3ccccc3)c2n1. The molecule has 4 aromatic rings. The van der Waals surface area contributed by atoms with Gasteiger partial charge in [0, 0.05) is 0 Å². The van der Waals surface area contributed by atoms with E-state index < -0.39 is 21.1 Å². The Bertz CT molecular complexity index is 1190. The third-order valence-corrected chi connectivity index (χ3v) is 12.6. The van der Waals surface area contributed by atoms with Crippen LogP contribution in [0.3, 0.4) is 0 Å². The first kappa shape index (κ1) is 28.6. The van der Waals surface area contributed by atoms with Gasteiger partial charge < -0.3 is 0 Å². The quantitative estimate of drug-likeness (QED) is 0.142. The van der Waals surface area contributed by atoms with Crippen molar-refractivity contribution in [3.63, 3.8) is 0 Å². The molecule has 0 aliphatic carbocycles. The fourth-order valence-electron chi connectivity index (χ4n) is 5.47. The number of fused-ring (bicyclic) bond motifs is 1. The molecule has 2 heterocycles. The summed E-state index contributed by atoms with van der Waals surface area (Å²) in [5.74, 6) is 0.739. The van der Waals surface area contributed by atoms with Gasteiger partial charge in [-0.2, -0.15) is 0 Å². The van der Waals surface area contributed by atoms with E-state index in [-0.39, 0.29) is 5.92 Å². The van der Waals surface area contributed by atoms with Gasteiger partial charge in [0.2, 0.25) is 0 Å². The normalized spacial score (nSPS) is 12.0. The topological polar surface area (TPSA) is 69.6 Å². The van der Waals surface area contributed by atoms with Crippen molar-refractivity contribution in [2.75, 3.05) is 5.73 Å². The van der Waals surface area contributed by atoms with Crippen LogP contribution in [-0.2, 0) is 6.54 Å².